The maximum atomic E-state index is 8.53. The van der Waals surface area contributed by atoms with Crippen molar-refractivity contribution in [3.05, 3.63) is 28.2 Å². The molecule has 12 heavy (non-hydrogen) atoms. The van der Waals surface area contributed by atoms with Crippen LogP contribution in [0.25, 0.3) is 0 Å². The van der Waals surface area contributed by atoms with Crippen LogP contribution >= 0.6 is 25.0 Å². The third kappa shape index (κ3) is 2.42. The first kappa shape index (κ1) is 9.93. The van der Waals surface area contributed by atoms with Crippen molar-refractivity contribution in [1.82, 2.24) is 0 Å². The highest BCUT2D eigenvalue weighted by atomic mass is 79.9. The normalized spacial score (nSPS) is 10.9. The molecule has 1 atom stereocenters. The molecule has 1 rings (SSSR count). The molecule has 0 bridgehead atoms. The van der Waals surface area contributed by atoms with Crippen LogP contribution in [0.15, 0.2) is 22.7 Å². The van der Waals surface area contributed by atoms with Crippen LogP contribution in [0.3, 0.4) is 0 Å². The molecule has 1 unspecified atom stereocenters. The van der Waals surface area contributed by atoms with Crippen molar-refractivity contribution in [2.24, 2.45) is 5.73 Å². The molecule has 0 fully saturated rings. The molecule has 1 aromatic carbocycles. The molecular formula is C7H9BrNO2P. The van der Waals surface area contributed by atoms with Gasteiger partial charge in [-0.15, -0.1) is 0 Å². The zero-order valence-electron chi connectivity index (χ0n) is 6.25. The molecule has 0 aliphatic rings. The molecule has 66 valence electrons. The van der Waals surface area contributed by atoms with E-state index in [1.54, 1.807) is 6.07 Å². The summed E-state index contributed by atoms with van der Waals surface area (Å²) < 4.78 is 5.74. The van der Waals surface area contributed by atoms with Crippen LogP contribution in [0, 0.1) is 0 Å². The Kier molecular flexibility index (Phi) is 3.95. The summed E-state index contributed by atoms with van der Waals surface area (Å²) in [5, 5.41) is 0. The van der Waals surface area contributed by atoms with Gasteiger partial charge in [0.1, 0.15) is 5.75 Å². The highest BCUT2D eigenvalue weighted by Crippen LogP contribution is 2.29. The van der Waals surface area contributed by atoms with Crippen LogP contribution in [0.5, 0.6) is 5.75 Å². The molecule has 5 heteroatoms. The van der Waals surface area contributed by atoms with E-state index in [0.717, 1.165) is 10.0 Å². The Labute approximate surface area is 81.0 Å². The monoisotopic (exact) mass is 249 g/mol. The van der Waals surface area contributed by atoms with Crippen molar-refractivity contribution in [3.8, 4) is 5.75 Å². The molecule has 0 amide bonds. The van der Waals surface area contributed by atoms with Crippen molar-refractivity contribution in [1.29, 1.82) is 0 Å². The number of rotatable bonds is 3. The molecule has 0 radical (unpaired) electrons. The van der Waals surface area contributed by atoms with Gasteiger partial charge < -0.3 is 15.2 Å². The average molecular weight is 250 g/mol. The second kappa shape index (κ2) is 4.77. The summed E-state index contributed by atoms with van der Waals surface area (Å²) in [6.07, 6.45) is 0. The Bertz CT molecular complexity index is 270. The Morgan fingerprint density at radius 3 is 2.83 bits per heavy atom. The minimum atomic E-state index is -0.532. The molecule has 3 nitrogen and oxygen atoms in total. The zero-order valence-corrected chi connectivity index (χ0v) is 8.84. The maximum absolute atomic E-state index is 8.53. The number of benzene rings is 1. The van der Waals surface area contributed by atoms with Gasteiger partial charge in [-0.2, -0.15) is 0 Å². The topological polar surface area (TPSA) is 55.5 Å². The van der Waals surface area contributed by atoms with Gasteiger partial charge in [-0.25, -0.2) is 0 Å². The third-order valence-electron chi connectivity index (χ3n) is 1.39. The van der Waals surface area contributed by atoms with E-state index in [1.807, 2.05) is 12.1 Å². The van der Waals surface area contributed by atoms with E-state index in [2.05, 4.69) is 15.9 Å². The van der Waals surface area contributed by atoms with Crippen LogP contribution in [0.1, 0.15) is 5.56 Å². The minimum Gasteiger partial charge on any atom is -0.449 e. The van der Waals surface area contributed by atoms with E-state index in [0.29, 0.717) is 12.3 Å². The second-order valence-corrected chi connectivity index (χ2v) is 3.40. The Hall–Kier alpha value is -0.150. The number of hydrogen-bond acceptors (Lipinski definition) is 3. The molecule has 3 N–H and O–H groups in total. The number of nitrogens with two attached hydrogens (primary N) is 1. The van der Waals surface area contributed by atoms with Gasteiger partial charge in [-0.05, 0) is 33.6 Å². The molecule has 0 aliphatic carbocycles. The average Bonchev–Trinajstić information content (AvgIpc) is 2.09. The fourth-order valence-corrected chi connectivity index (χ4v) is 1.74. The summed E-state index contributed by atoms with van der Waals surface area (Å²) >= 11 is 3.30. The highest BCUT2D eigenvalue weighted by molar-refractivity contribution is 9.10. The van der Waals surface area contributed by atoms with E-state index in [4.69, 9.17) is 15.2 Å². The summed E-state index contributed by atoms with van der Waals surface area (Å²) in [5.41, 5.74) is 6.46. The summed E-state index contributed by atoms with van der Waals surface area (Å²) in [6, 6.07) is 5.51. The minimum absolute atomic E-state index is 0.500. The lowest BCUT2D eigenvalue weighted by molar-refractivity contribution is 0.512. The first-order valence-electron chi connectivity index (χ1n) is 3.32. The zero-order chi connectivity index (χ0) is 8.97. The molecule has 0 spiro atoms. The molecule has 0 saturated carbocycles. The highest BCUT2D eigenvalue weighted by Gasteiger charge is 2.00. The predicted octanol–water partition coefficient (Wildman–Crippen LogP) is 1.79. The summed E-state index contributed by atoms with van der Waals surface area (Å²) in [4.78, 5) is 8.53. The van der Waals surface area contributed by atoms with Crippen LogP contribution in [-0.2, 0) is 6.54 Å². The van der Waals surface area contributed by atoms with Crippen molar-refractivity contribution in [2.45, 2.75) is 6.54 Å². The van der Waals surface area contributed by atoms with Crippen LogP contribution in [0.2, 0.25) is 0 Å². The standard InChI is InChI=1S/C7H9BrNO2P/c8-6-3-5(4-9)1-2-7(6)11-12-10/h1-3,10,12H,4,9H2. The van der Waals surface area contributed by atoms with Gasteiger partial charge in [0.15, 0.2) is 0 Å². The summed E-state index contributed by atoms with van der Waals surface area (Å²) in [6.45, 7) is 0.500. The lowest BCUT2D eigenvalue weighted by Gasteiger charge is -2.05. The Morgan fingerprint density at radius 1 is 1.58 bits per heavy atom. The van der Waals surface area contributed by atoms with Gasteiger partial charge in [0.2, 0.25) is 9.03 Å². The van der Waals surface area contributed by atoms with E-state index in [9.17, 15) is 0 Å². The van der Waals surface area contributed by atoms with Gasteiger partial charge in [0.25, 0.3) is 0 Å². The molecular weight excluding hydrogens is 241 g/mol. The van der Waals surface area contributed by atoms with Crippen LogP contribution in [0.4, 0.5) is 0 Å². The van der Waals surface area contributed by atoms with E-state index in [1.165, 1.54) is 0 Å². The van der Waals surface area contributed by atoms with Crippen molar-refractivity contribution in [2.75, 3.05) is 0 Å². The summed E-state index contributed by atoms with van der Waals surface area (Å²) in [7, 11) is -0.532. The third-order valence-corrected chi connectivity index (χ3v) is 2.32. The summed E-state index contributed by atoms with van der Waals surface area (Å²) in [5.74, 6) is 0.632. The van der Waals surface area contributed by atoms with E-state index < -0.39 is 9.03 Å². The first-order chi connectivity index (χ1) is 5.77. The van der Waals surface area contributed by atoms with Gasteiger partial charge in [-0.3, -0.25) is 0 Å². The quantitative estimate of drug-likeness (QED) is 0.804. The maximum Gasteiger partial charge on any atom is 0.212 e. The lowest BCUT2D eigenvalue weighted by Crippen LogP contribution is -1.95. The molecule has 0 aliphatic heterocycles. The molecule has 0 saturated heterocycles. The van der Waals surface area contributed by atoms with Crippen molar-refractivity contribution >= 4 is 25.0 Å². The van der Waals surface area contributed by atoms with Crippen molar-refractivity contribution in [3.63, 3.8) is 0 Å². The molecule has 1 aromatic rings. The van der Waals surface area contributed by atoms with E-state index >= 15 is 0 Å². The largest absolute Gasteiger partial charge is 0.449 e. The molecule has 0 aromatic heterocycles. The predicted molar refractivity (Wildman–Crippen MR) is 53.2 cm³/mol. The van der Waals surface area contributed by atoms with Gasteiger partial charge >= 0.3 is 0 Å². The Morgan fingerprint density at radius 2 is 2.33 bits per heavy atom. The lowest BCUT2D eigenvalue weighted by atomic mass is 10.2. The Balaban J connectivity index is 2.87. The first-order valence-corrected chi connectivity index (χ1v) is 4.97. The van der Waals surface area contributed by atoms with Crippen LogP contribution < -0.4 is 10.3 Å². The van der Waals surface area contributed by atoms with Crippen molar-refractivity contribution < 1.29 is 9.42 Å². The van der Waals surface area contributed by atoms with Gasteiger partial charge in [0.05, 0.1) is 4.47 Å². The van der Waals surface area contributed by atoms with Crippen LogP contribution in [-0.4, -0.2) is 4.89 Å². The smallest absolute Gasteiger partial charge is 0.212 e. The van der Waals surface area contributed by atoms with Gasteiger partial charge in [-0.1, -0.05) is 6.07 Å². The molecule has 0 heterocycles. The van der Waals surface area contributed by atoms with E-state index in [-0.39, 0.29) is 0 Å². The fraction of sp³-hybridized carbons (Fsp3) is 0.143. The SMILES string of the molecule is NCc1ccc(OPO)c(Br)c1. The second-order valence-electron chi connectivity index (χ2n) is 2.16. The number of hydrogen-bond donors (Lipinski definition) is 2. The number of halogens is 1. The fourth-order valence-electron chi connectivity index (χ4n) is 0.803. The van der Waals surface area contributed by atoms with Gasteiger partial charge in [0, 0.05) is 6.54 Å².